The highest BCUT2D eigenvalue weighted by molar-refractivity contribution is 5.79. The van der Waals surface area contributed by atoms with Gasteiger partial charge in [0.1, 0.15) is 0 Å². The van der Waals surface area contributed by atoms with Crippen LogP contribution in [0, 0.1) is 5.41 Å². The average Bonchev–Trinajstić information content (AvgIpc) is 2.38. The molecular weight excluding hydrogens is 269 g/mol. The molecule has 0 N–H and O–H groups in total. The fraction of sp³-hybridized carbons (Fsp3) is 0.400. The quantitative estimate of drug-likeness (QED) is 0.604. The van der Waals surface area contributed by atoms with E-state index in [1.165, 1.54) is 18.2 Å². The van der Waals surface area contributed by atoms with Gasteiger partial charge in [-0.1, -0.05) is 18.2 Å². The topological polar surface area (TPSA) is 26.3 Å². The molecule has 0 amide bonds. The fourth-order valence-corrected chi connectivity index (χ4v) is 1.76. The summed E-state index contributed by atoms with van der Waals surface area (Å²) in [7, 11) is 0. The van der Waals surface area contributed by atoms with E-state index in [-0.39, 0.29) is 13.0 Å². The molecule has 1 aromatic carbocycles. The Labute approximate surface area is 116 Å². The van der Waals surface area contributed by atoms with Gasteiger partial charge in [0, 0.05) is 0 Å². The normalized spacial score (nSPS) is 14.4. The first kappa shape index (κ1) is 16.3. The summed E-state index contributed by atoms with van der Waals surface area (Å²) in [5.74, 6) is -0.435. The van der Waals surface area contributed by atoms with Crippen LogP contribution in [0.1, 0.15) is 25.0 Å². The first-order chi connectivity index (χ1) is 9.23. The molecule has 0 saturated heterocycles. The molecule has 1 atom stereocenters. The minimum absolute atomic E-state index is 0.244. The number of hydrogen-bond donors (Lipinski definition) is 0. The standard InChI is InChI=1S/C15H17F3O2/c1-4-14(3,13(19)20-5-2)10-11-6-8-12(9-7-11)15(16,17)18/h4,6-9H,1,5,10H2,2-3H3. The van der Waals surface area contributed by atoms with Crippen LogP contribution in [0.2, 0.25) is 0 Å². The van der Waals surface area contributed by atoms with E-state index in [2.05, 4.69) is 6.58 Å². The van der Waals surface area contributed by atoms with Gasteiger partial charge in [0.15, 0.2) is 0 Å². The minimum Gasteiger partial charge on any atom is -0.465 e. The van der Waals surface area contributed by atoms with Gasteiger partial charge in [-0.05, 0) is 38.0 Å². The highest BCUT2D eigenvalue weighted by Gasteiger charge is 2.33. The lowest BCUT2D eigenvalue weighted by atomic mass is 9.83. The first-order valence-corrected chi connectivity index (χ1v) is 6.20. The molecule has 0 radical (unpaired) electrons. The summed E-state index contributed by atoms with van der Waals surface area (Å²) in [5.41, 5.74) is -1.04. The number of rotatable bonds is 5. The molecule has 0 heterocycles. The monoisotopic (exact) mass is 286 g/mol. The Kier molecular flexibility index (Phi) is 4.98. The zero-order valence-corrected chi connectivity index (χ0v) is 11.5. The predicted octanol–water partition coefficient (Wildman–Crippen LogP) is 4.00. The summed E-state index contributed by atoms with van der Waals surface area (Å²) in [4.78, 5) is 11.9. The molecule has 0 saturated carbocycles. The summed E-state index contributed by atoms with van der Waals surface area (Å²) in [6, 6.07) is 4.74. The third kappa shape index (κ3) is 3.85. The number of halogens is 3. The molecule has 110 valence electrons. The first-order valence-electron chi connectivity index (χ1n) is 6.20. The maximum absolute atomic E-state index is 12.5. The average molecular weight is 286 g/mol. The van der Waals surface area contributed by atoms with Crippen molar-refractivity contribution >= 4 is 5.97 Å². The molecule has 0 aromatic heterocycles. The number of ether oxygens (including phenoxy) is 1. The summed E-state index contributed by atoms with van der Waals surface area (Å²) < 4.78 is 42.3. The number of carbonyl (C=O) groups excluding carboxylic acids is 1. The van der Waals surface area contributed by atoms with Gasteiger partial charge >= 0.3 is 12.1 Å². The molecule has 2 nitrogen and oxygen atoms in total. The van der Waals surface area contributed by atoms with Crippen LogP contribution in [0.3, 0.4) is 0 Å². The lowest BCUT2D eigenvalue weighted by Crippen LogP contribution is -2.30. The van der Waals surface area contributed by atoms with Crippen molar-refractivity contribution in [2.45, 2.75) is 26.4 Å². The molecule has 1 rings (SSSR count). The molecule has 0 aliphatic heterocycles. The van der Waals surface area contributed by atoms with Gasteiger partial charge in [-0.15, -0.1) is 6.58 Å². The Balaban J connectivity index is 2.91. The summed E-state index contributed by atoms with van der Waals surface area (Å²) >= 11 is 0. The van der Waals surface area contributed by atoms with Gasteiger partial charge in [0.25, 0.3) is 0 Å². The van der Waals surface area contributed by atoms with Gasteiger partial charge in [-0.2, -0.15) is 13.2 Å². The van der Waals surface area contributed by atoms with E-state index in [9.17, 15) is 18.0 Å². The van der Waals surface area contributed by atoms with Gasteiger partial charge in [0.05, 0.1) is 17.6 Å². The number of esters is 1. The fourth-order valence-electron chi connectivity index (χ4n) is 1.76. The molecule has 0 fully saturated rings. The second-order valence-electron chi connectivity index (χ2n) is 4.71. The van der Waals surface area contributed by atoms with Crippen LogP contribution >= 0.6 is 0 Å². The second kappa shape index (κ2) is 6.11. The molecule has 1 unspecified atom stereocenters. The van der Waals surface area contributed by atoms with E-state index in [0.717, 1.165) is 12.1 Å². The largest absolute Gasteiger partial charge is 0.465 e. The van der Waals surface area contributed by atoms with Crippen LogP contribution in [0.25, 0.3) is 0 Å². The van der Waals surface area contributed by atoms with Crippen LogP contribution in [-0.2, 0) is 22.1 Å². The SMILES string of the molecule is C=CC(C)(Cc1ccc(C(F)(F)F)cc1)C(=O)OCC. The van der Waals surface area contributed by atoms with Crippen molar-refractivity contribution in [2.75, 3.05) is 6.61 Å². The van der Waals surface area contributed by atoms with Crippen molar-refractivity contribution in [1.29, 1.82) is 0 Å². The van der Waals surface area contributed by atoms with Crippen LogP contribution in [0.5, 0.6) is 0 Å². The molecule has 0 aliphatic carbocycles. The lowest BCUT2D eigenvalue weighted by molar-refractivity contribution is -0.151. The van der Waals surface area contributed by atoms with Gasteiger partial charge in [-0.3, -0.25) is 4.79 Å². The number of carbonyl (C=O) groups is 1. The molecule has 0 bridgehead atoms. The van der Waals surface area contributed by atoms with Crippen molar-refractivity contribution in [3.8, 4) is 0 Å². The number of alkyl halides is 3. The Morgan fingerprint density at radius 3 is 2.25 bits per heavy atom. The molecule has 1 aromatic rings. The highest BCUT2D eigenvalue weighted by atomic mass is 19.4. The van der Waals surface area contributed by atoms with E-state index in [4.69, 9.17) is 4.74 Å². The van der Waals surface area contributed by atoms with Crippen molar-refractivity contribution in [1.82, 2.24) is 0 Å². The Bertz CT molecular complexity index is 477. The number of hydrogen-bond acceptors (Lipinski definition) is 2. The summed E-state index contributed by atoms with van der Waals surface area (Å²) in [5, 5.41) is 0. The van der Waals surface area contributed by atoms with Crippen molar-refractivity contribution in [3.05, 3.63) is 48.0 Å². The van der Waals surface area contributed by atoms with E-state index in [0.29, 0.717) is 5.56 Å². The molecule has 0 aliphatic rings. The zero-order chi connectivity index (χ0) is 15.4. The Morgan fingerprint density at radius 1 is 1.30 bits per heavy atom. The Hall–Kier alpha value is -1.78. The lowest BCUT2D eigenvalue weighted by Gasteiger charge is -2.23. The van der Waals surface area contributed by atoms with Crippen LogP contribution in [0.15, 0.2) is 36.9 Å². The predicted molar refractivity (Wildman–Crippen MR) is 70.1 cm³/mol. The summed E-state index contributed by atoms with van der Waals surface area (Å²) in [6.45, 7) is 7.20. The molecule has 20 heavy (non-hydrogen) atoms. The van der Waals surface area contributed by atoms with Crippen LogP contribution < -0.4 is 0 Å². The van der Waals surface area contributed by atoms with E-state index < -0.39 is 23.1 Å². The second-order valence-corrected chi connectivity index (χ2v) is 4.71. The van der Waals surface area contributed by atoms with E-state index >= 15 is 0 Å². The number of benzene rings is 1. The smallest absolute Gasteiger partial charge is 0.416 e. The summed E-state index contributed by atoms with van der Waals surface area (Å²) in [6.07, 6.45) is -2.66. The van der Waals surface area contributed by atoms with Gasteiger partial charge in [-0.25, -0.2) is 0 Å². The van der Waals surface area contributed by atoms with Gasteiger partial charge in [0.2, 0.25) is 0 Å². The van der Waals surface area contributed by atoms with Gasteiger partial charge < -0.3 is 4.74 Å². The van der Waals surface area contributed by atoms with Crippen LogP contribution in [0.4, 0.5) is 13.2 Å². The van der Waals surface area contributed by atoms with Crippen molar-refractivity contribution in [3.63, 3.8) is 0 Å². The molecular formula is C15H17F3O2. The highest BCUT2D eigenvalue weighted by Crippen LogP contribution is 2.31. The van der Waals surface area contributed by atoms with Crippen LogP contribution in [-0.4, -0.2) is 12.6 Å². The van der Waals surface area contributed by atoms with Crippen molar-refractivity contribution in [2.24, 2.45) is 5.41 Å². The molecule has 5 heteroatoms. The minimum atomic E-state index is -4.36. The van der Waals surface area contributed by atoms with E-state index in [1.807, 2.05) is 0 Å². The van der Waals surface area contributed by atoms with E-state index in [1.54, 1.807) is 13.8 Å². The zero-order valence-electron chi connectivity index (χ0n) is 11.5. The van der Waals surface area contributed by atoms with Crippen molar-refractivity contribution < 1.29 is 22.7 Å². The third-order valence-corrected chi connectivity index (χ3v) is 3.04. The Morgan fingerprint density at radius 2 is 1.85 bits per heavy atom. The third-order valence-electron chi connectivity index (χ3n) is 3.04. The maximum atomic E-state index is 12.5. The molecule has 0 spiro atoms. The maximum Gasteiger partial charge on any atom is 0.416 e.